The zero-order chi connectivity index (χ0) is 14.8. The van der Waals surface area contributed by atoms with Gasteiger partial charge in [0.25, 0.3) is 5.91 Å². The monoisotopic (exact) mass is 305 g/mol. The van der Waals surface area contributed by atoms with Crippen LogP contribution in [0.15, 0.2) is 22.0 Å². The summed E-state index contributed by atoms with van der Waals surface area (Å²) in [6.45, 7) is 6.56. The highest BCUT2D eigenvalue weighted by Crippen LogP contribution is 2.24. The number of nitrogens with zero attached hydrogens (tertiary/aromatic N) is 2. The van der Waals surface area contributed by atoms with Crippen molar-refractivity contribution in [1.82, 2.24) is 15.4 Å². The van der Waals surface area contributed by atoms with E-state index in [1.54, 1.807) is 13.0 Å². The standard InChI is InChI=1S/C15H19N3O2S/c1-10(8-16-15(19)13-7-11(2)20-17-13)18-5-3-14-12(9-18)4-6-21-14/h4,6-7,10H,3,5,8-9H2,1-2H3,(H,16,19)/t10-/m0/s1. The van der Waals surface area contributed by atoms with Gasteiger partial charge in [0.1, 0.15) is 5.76 Å². The van der Waals surface area contributed by atoms with Gasteiger partial charge in [0.2, 0.25) is 0 Å². The molecule has 2 aromatic heterocycles. The number of aromatic nitrogens is 1. The molecule has 0 saturated carbocycles. The van der Waals surface area contributed by atoms with E-state index in [9.17, 15) is 4.79 Å². The highest BCUT2D eigenvalue weighted by Gasteiger charge is 2.22. The van der Waals surface area contributed by atoms with Crippen LogP contribution in [-0.2, 0) is 13.0 Å². The second kappa shape index (κ2) is 5.99. The summed E-state index contributed by atoms with van der Waals surface area (Å²) >= 11 is 1.84. The third-order valence-electron chi connectivity index (χ3n) is 3.88. The third-order valence-corrected chi connectivity index (χ3v) is 4.90. The summed E-state index contributed by atoms with van der Waals surface area (Å²) in [4.78, 5) is 15.9. The van der Waals surface area contributed by atoms with E-state index in [1.165, 1.54) is 10.4 Å². The van der Waals surface area contributed by atoms with Crippen molar-refractivity contribution in [2.75, 3.05) is 13.1 Å². The second-order valence-corrected chi connectivity index (χ2v) is 6.47. The molecule has 3 rings (SSSR count). The van der Waals surface area contributed by atoms with Crippen molar-refractivity contribution in [3.8, 4) is 0 Å². The molecule has 0 bridgehead atoms. The number of aryl methyl sites for hydroxylation is 1. The van der Waals surface area contributed by atoms with Gasteiger partial charge in [0.05, 0.1) is 0 Å². The van der Waals surface area contributed by atoms with E-state index in [4.69, 9.17) is 4.52 Å². The quantitative estimate of drug-likeness (QED) is 0.941. The van der Waals surface area contributed by atoms with Gasteiger partial charge in [0.15, 0.2) is 5.69 Å². The fourth-order valence-electron chi connectivity index (χ4n) is 2.58. The molecule has 3 heterocycles. The highest BCUT2D eigenvalue weighted by atomic mass is 32.1. The number of nitrogens with one attached hydrogen (secondary N) is 1. The van der Waals surface area contributed by atoms with Crippen LogP contribution in [0.25, 0.3) is 0 Å². The molecule has 1 aliphatic heterocycles. The summed E-state index contributed by atoms with van der Waals surface area (Å²) in [5.41, 5.74) is 1.77. The number of rotatable bonds is 4. The number of hydrogen-bond donors (Lipinski definition) is 1. The predicted octanol–water partition coefficient (Wildman–Crippen LogP) is 2.22. The van der Waals surface area contributed by atoms with Crippen molar-refractivity contribution < 1.29 is 9.32 Å². The van der Waals surface area contributed by atoms with E-state index >= 15 is 0 Å². The first-order valence-electron chi connectivity index (χ1n) is 7.14. The van der Waals surface area contributed by atoms with Gasteiger partial charge in [-0.3, -0.25) is 9.69 Å². The number of amides is 1. The molecule has 0 fully saturated rings. The normalized spacial score (nSPS) is 16.5. The van der Waals surface area contributed by atoms with Crippen molar-refractivity contribution in [2.24, 2.45) is 0 Å². The molecule has 0 spiro atoms. The van der Waals surface area contributed by atoms with E-state index in [0.717, 1.165) is 19.5 Å². The van der Waals surface area contributed by atoms with Crippen LogP contribution in [0.2, 0.25) is 0 Å². The minimum absolute atomic E-state index is 0.174. The lowest BCUT2D eigenvalue weighted by Crippen LogP contribution is -2.44. The van der Waals surface area contributed by atoms with Crippen LogP contribution < -0.4 is 5.32 Å². The van der Waals surface area contributed by atoms with Gasteiger partial charge < -0.3 is 9.84 Å². The lowest BCUT2D eigenvalue weighted by atomic mass is 10.1. The minimum Gasteiger partial charge on any atom is -0.361 e. The maximum Gasteiger partial charge on any atom is 0.273 e. The lowest BCUT2D eigenvalue weighted by molar-refractivity contribution is 0.0923. The largest absolute Gasteiger partial charge is 0.361 e. The number of carbonyl (C=O) groups excluding carboxylic acids is 1. The molecular formula is C15H19N3O2S. The highest BCUT2D eigenvalue weighted by molar-refractivity contribution is 7.10. The first-order chi connectivity index (χ1) is 10.1. The second-order valence-electron chi connectivity index (χ2n) is 5.47. The number of fused-ring (bicyclic) bond motifs is 1. The molecule has 0 aliphatic carbocycles. The Labute approximate surface area is 127 Å². The Hall–Kier alpha value is -1.66. The van der Waals surface area contributed by atoms with Gasteiger partial charge in [-0.25, -0.2) is 0 Å². The van der Waals surface area contributed by atoms with Crippen molar-refractivity contribution in [3.63, 3.8) is 0 Å². The van der Waals surface area contributed by atoms with Crippen LogP contribution in [0.1, 0.15) is 33.6 Å². The van der Waals surface area contributed by atoms with Crippen molar-refractivity contribution in [3.05, 3.63) is 39.4 Å². The molecule has 0 aromatic carbocycles. The summed E-state index contributed by atoms with van der Waals surface area (Å²) in [6, 6.07) is 4.16. The summed E-state index contributed by atoms with van der Waals surface area (Å²) < 4.78 is 4.92. The molecule has 0 radical (unpaired) electrons. The molecular weight excluding hydrogens is 286 g/mol. The average molecular weight is 305 g/mol. The molecule has 112 valence electrons. The number of carbonyl (C=O) groups is 1. The Bertz CT molecular complexity index is 634. The van der Waals surface area contributed by atoms with E-state index in [-0.39, 0.29) is 5.91 Å². The molecule has 0 unspecified atom stereocenters. The zero-order valence-corrected chi connectivity index (χ0v) is 13.1. The maximum absolute atomic E-state index is 12.0. The summed E-state index contributed by atoms with van der Waals surface area (Å²) in [6.07, 6.45) is 1.10. The van der Waals surface area contributed by atoms with Crippen LogP contribution in [0.3, 0.4) is 0 Å². The molecule has 5 nitrogen and oxygen atoms in total. The van der Waals surface area contributed by atoms with Gasteiger partial charge in [-0.05, 0) is 37.3 Å². The van der Waals surface area contributed by atoms with Gasteiger partial charge in [-0.1, -0.05) is 5.16 Å². The fraction of sp³-hybridized carbons (Fsp3) is 0.467. The van der Waals surface area contributed by atoms with Crippen LogP contribution in [0.5, 0.6) is 0 Å². The Morgan fingerprint density at radius 2 is 2.48 bits per heavy atom. The molecule has 2 aromatic rings. The first kappa shape index (κ1) is 14.3. The first-order valence-corrected chi connectivity index (χ1v) is 8.02. The van der Waals surface area contributed by atoms with Crippen molar-refractivity contribution >= 4 is 17.2 Å². The van der Waals surface area contributed by atoms with Crippen molar-refractivity contribution in [1.29, 1.82) is 0 Å². The van der Waals surface area contributed by atoms with Crippen LogP contribution in [0, 0.1) is 6.92 Å². The van der Waals surface area contributed by atoms with Crippen LogP contribution in [0.4, 0.5) is 0 Å². The maximum atomic E-state index is 12.0. The van der Waals surface area contributed by atoms with Gasteiger partial charge >= 0.3 is 0 Å². The summed E-state index contributed by atoms with van der Waals surface area (Å²) in [5.74, 6) is 0.473. The molecule has 6 heteroatoms. The Morgan fingerprint density at radius 3 is 3.24 bits per heavy atom. The Kier molecular flexibility index (Phi) is 4.07. The summed E-state index contributed by atoms with van der Waals surface area (Å²) in [7, 11) is 0. The number of hydrogen-bond acceptors (Lipinski definition) is 5. The minimum atomic E-state index is -0.174. The number of thiophene rings is 1. The molecule has 1 amide bonds. The van der Waals surface area contributed by atoms with E-state index in [1.807, 2.05) is 11.3 Å². The zero-order valence-electron chi connectivity index (χ0n) is 12.3. The van der Waals surface area contributed by atoms with Crippen LogP contribution in [-0.4, -0.2) is 35.1 Å². The summed E-state index contributed by atoms with van der Waals surface area (Å²) in [5, 5.41) is 8.82. The van der Waals surface area contributed by atoms with Crippen LogP contribution >= 0.6 is 11.3 Å². The third kappa shape index (κ3) is 3.16. The van der Waals surface area contributed by atoms with Gasteiger partial charge in [-0.15, -0.1) is 11.3 Å². The van der Waals surface area contributed by atoms with Gasteiger partial charge in [-0.2, -0.15) is 0 Å². The Morgan fingerprint density at radius 1 is 1.62 bits per heavy atom. The smallest absolute Gasteiger partial charge is 0.273 e. The predicted molar refractivity (Wildman–Crippen MR) is 81.5 cm³/mol. The topological polar surface area (TPSA) is 58.4 Å². The molecule has 21 heavy (non-hydrogen) atoms. The molecule has 0 saturated heterocycles. The Balaban J connectivity index is 1.53. The SMILES string of the molecule is Cc1cc(C(=O)NC[C@H](C)N2CCc3sccc3C2)no1. The molecule has 1 atom stereocenters. The van der Waals surface area contributed by atoms with E-state index in [0.29, 0.717) is 24.0 Å². The molecule has 1 aliphatic rings. The van der Waals surface area contributed by atoms with E-state index in [2.05, 4.69) is 33.7 Å². The van der Waals surface area contributed by atoms with E-state index < -0.39 is 0 Å². The molecule has 1 N–H and O–H groups in total. The fourth-order valence-corrected chi connectivity index (χ4v) is 3.47. The van der Waals surface area contributed by atoms with Gasteiger partial charge in [0, 0.05) is 36.6 Å². The average Bonchev–Trinajstić information content (AvgIpc) is 3.12. The van der Waals surface area contributed by atoms with Crippen molar-refractivity contribution in [2.45, 2.75) is 32.9 Å². The lowest BCUT2D eigenvalue weighted by Gasteiger charge is -2.32.